The normalized spacial score (nSPS) is 27.9. The van der Waals surface area contributed by atoms with Crippen LogP contribution in [0.15, 0.2) is 0 Å². The molecule has 1 fully saturated rings. The van der Waals surface area contributed by atoms with Gasteiger partial charge < -0.3 is 11.1 Å². The third kappa shape index (κ3) is 3.66. The third-order valence-electron chi connectivity index (χ3n) is 2.48. The minimum Gasteiger partial charge on any atom is -0.352 e. The van der Waals surface area contributed by atoms with Crippen molar-refractivity contribution in [2.75, 3.05) is 0 Å². The summed E-state index contributed by atoms with van der Waals surface area (Å²) in [7, 11) is 0. The molecule has 1 aliphatic carbocycles. The molecule has 0 heterocycles. The van der Waals surface area contributed by atoms with Crippen LogP contribution in [0.2, 0.25) is 0 Å². The van der Waals surface area contributed by atoms with Crippen LogP contribution < -0.4 is 11.1 Å². The van der Waals surface area contributed by atoms with Crippen molar-refractivity contribution >= 4 is 6.03 Å². The minimum absolute atomic E-state index is 0.338. The number of carbonyl (C=O) groups excluding carboxylic acids is 1. The van der Waals surface area contributed by atoms with Gasteiger partial charge in [-0.05, 0) is 30.6 Å². The molecule has 2 amide bonds. The van der Waals surface area contributed by atoms with E-state index in [9.17, 15) is 4.79 Å². The molecular weight excluding hydrogens is 164 g/mol. The maximum atomic E-state index is 10.5. The number of primary amides is 1. The number of urea groups is 1. The topological polar surface area (TPSA) is 55.1 Å². The molecule has 0 atom stereocenters. The van der Waals surface area contributed by atoms with Crippen molar-refractivity contribution in [3.63, 3.8) is 0 Å². The Hall–Kier alpha value is -0.730. The summed E-state index contributed by atoms with van der Waals surface area (Å²) in [5.74, 6) is 0.775. The van der Waals surface area contributed by atoms with Crippen molar-refractivity contribution in [2.24, 2.45) is 17.1 Å². The van der Waals surface area contributed by atoms with Gasteiger partial charge in [0.05, 0.1) is 0 Å². The van der Waals surface area contributed by atoms with Crippen LogP contribution in [0.25, 0.3) is 0 Å². The molecule has 1 saturated carbocycles. The quantitative estimate of drug-likeness (QED) is 0.676. The monoisotopic (exact) mass is 184 g/mol. The molecule has 0 aromatic rings. The van der Waals surface area contributed by atoms with Gasteiger partial charge in [0.15, 0.2) is 0 Å². The number of amides is 2. The maximum Gasteiger partial charge on any atom is 0.312 e. The van der Waals surface area contributed by atoms with Crippen LogP contribution in [0.3, 0.4) is 0 Å². The van der Waals surface area contributed by atoms with Crippen molar-refractivity contribution in [1.82, 2.24) is 5.32 Å². The van der Waals surface area contributed by atoms with E-state index in [-0.39, 0.29) is 6.03 Å². The summed E-state index contributed by atoms with van der Waals surface area (Å²) in [6.07, 6.45) is 3.43. The summed E-state index contributed by atoms with van der Waals surface area (Å²) in [5.41, 5.74) is 5.43. The van der Waals surface area contributed by atoms with Crippen molar-refractivity contribution in [3.05, 3.63) is 0 Å². The molecule has 0 saturated heterocycles. The minimum atomic E-state index is -0.390. The average molecular weight is 184 g/mol. The lowest BCUT2D eigenvalue weighted by molar-refractivity contribution is 0.160. The van der Waals surface area contributed by atoms with E-state index in [4.69, 9.17) is 5.73 Å². The molecule has 0 aromatic carbocycles. The van der Waals surface area contributed by atoms with E-state index in [2.05, 4.69) is 26.1 Å². The zero-order valence-electron chi connectivity index (χ0n) is 8.76. The second-order valence-corrected chi connectivity index (χ2v) is 5.31. The van der Waals surface area contributed by atoms with E-state index < -0.39 is 0 Å². The lowest BCUT2D eigenvalue weighted by Gasteiger charge is -2.38. The number of rotatable bonds is 2. The average Bonchev–Trinajstić information content (AvgIpc) is 1.78. The third-order valence-corrected chi connectivity index (χ3v) is 2.48. The highest BCUT2D eigenvalue weighted by atomic mass is 16.2. The fraction of sp³-hybridized carbons (Fsp3) is 0.900. The molecule has 3 heteroatoms. The Morgan fingerprint density at radius 3 is 2.38 bits per heavy atom. The molecule has 1 aliphatic rings. The molecule has 0 aromatic heterocycles. The maximum absolute atomic E-state index is 10.5. The molecular formula is C10H20N2O. The Balaban J connectivity index is 2.15. The highest BCUT2D eigenvalue weighted by Gasteiger charge is 2.32. The molecule has 0 unspecified atom stereocenters. The number of nitrogens with two attached hydrogens (primary N) is 1. The lowest BCUT2D eigenvalue weighted by atomic mass is 9.71. The van der Waals surface area contributed by atoms with Crippen LogP contribution in [0.1, 0.15) is 40.0 Å². The number of carbonyl (C=O) groups is 1. The van der Waals surface area contributed by atoms with Crippen molar-refractivity contribution in [1.29, 1.82) is 0 Å². The Morgan fingerprint density at radius 2 is 2.00 bits per heavy atom. The number of hydrogen-bond donors (Lipinski definition) is 2. The summed E-state index contributed by atoms with van der Waals surface area (Å²) < 4.78 is 0. The summed E-state index contributed by atoms with van der Waals surface area (Å²) in [6, 6.07) is -0.0518. The number of nitrogens with one attached hydrogen (secondary N) is 1. The van der Waals surface area contributed by atoms with Gasteiger partial charge in [0, 0.05) is 6.04 Å². The van der Waals surface area contributed by atoms with Gasteiger partial charge in [0.25, 0.3) is 0 Å². The molecule has 0 radical (unpaired) electrons. The fourth-order valence-electron chi connectivity index (χ4n) is 2.09. The van der Waals surface area contributed by atoms with Crippen molar-refractivity contribution in [3.8, 4) is 0 Å². The van der Waals surface area contributed by atoms with Gasteiger partial charge in [-0.2, -0.15) is 0 Å². The Morgan fingerprint density at radius 1 is 1.46 bits per heavy atom. The van der Waals surface area contributed by atoms with Crippen LogP contribution >= 0.6 is 0 Å². The van der Waals surface area contributed by atoms with Crippen molar-refractivity contribution < 1.29 is 4.79 Å². The van der Waals surface area contributed by atoms with Gasteiger partial charge >= 0.3 is 6.03 Å². The van der Waals surface area contributed by atoms with Crippen LogP contribution in [-0.4, -0.2) is 12.1 Å². The largest absolute Gasteiger partial charge is 0.352 e. The van der Waals surface area contributed by atoms with E-state index in [0.717, 1.165) is 18.8 Å². The fourth-order valence-corrected chi connectivity index (χ4v) is 2.09. The second-order valence-electron chi connectivity index (χ2n) is 5.31. The first-order chi connectivity index (χ1) is 5.87. The second kappa shape index (κ2) is 3.56. The smallest absolute Gasteiger partial charge is 0.312 e. The first-order valence-corrected chi connectivity index (χ1v) is 4.93. The zero-order chi connectivity index (χ0) is 10.1. The molecule has 13 heavy (non-hydrogen) atoms. The van der Waals surface area contributed by atoms with Crippen molar-refractivity contribution in [2.45, 2.75) is 46.1 Å². The molecule has 0 spiro atoms. The summed E-state index contributed by atoms with van der Waals surface area (Å²) in [6.45, 7) is 6.76. The highest BCUT2D eigenvalue weighted by Crippen LogP contribution is 2.37. The first-order valence-electron chi connectivity index (χ1n) is 4.93. The summed E-state index contributed by atoms with van der Waals surface area (Å²) >= 11 is 0. The van der Waals surface area contributed by atoms with Gasteiger partial charge in [-0.15, -0.1) is 0 Å². The molecule has 3 N–H and O–H groups in total. The number of hydrogen-bond acceptors (Lipinski definition) is 1. The van der Waals surface area contributed by atoms with E-state index in [1.807, 2.05) is 0 Å². The lowest BCUT2D eigenvalue weighted by Crippen LogP contribution is -2.47. The van der Waals surface area contributed by atoms with Crippen LogP contribution in [0.5, 0.6) is 0 Å². The Kier molecular flexibility index (Phi) is 2.84. The van der Waals surface area contributed by atoms with Crippen LogP contribution in [0, 0.1) is 11.3 Å². The SMILES string of the molecule is CC(C)(C)C[C@H]1C[C@@H](NC(N)=O)C1. The zero-order valence-corrected chi connectivity index (χ0v) is 8.76. The van der Waals surface area contributed by atoms with E-state index >= 15 is 0 Å². The Bertz CT molecular complexity index is 190. The first kappa shape index (κ1) is 10.4. The molecule has 1 rings (SSSR count). The Labute approximate surface area is 80.1 Å². The summed E-state index contributed by atoms with van der Waals surface area (Å²) in [4.78, 5) is 10.5. The summed E-state index contributed by atoms with van der Waals surface area (Å²) in [5, 5.41) is 2.73. The van der Waals surface area contributed by atoms with Gasteiger partial charge in [-0.3, -0.25) is 0 Å². The predicted molar refractivity (Wildman–Crippen MR) is 53.3 cm³/mol. The standard InChI is InChI=1S/C10H20N2O/c1-10(2,3)6-7-4-8(5-7)12-9(11)13/h7-8H,4-6H2,1-3H3,(H3,11,12,13)/t7-,8+. The highest BCUT2D eigenvalue weighted by molar-refractivity contribution is 5.72. The van der Waals surface area contributed by atoms with E-state index in [1.54, 1.807) is 0 Å². The van der Waals surface area contributed by atoms with Gasteiger partial charge in [-0.1, -0.05) is 20.8 Å². The molecule has 3 nitrogen and oxygen atoms in total. The predicted octanol–water partition coefficient (Wildman–Crippen LogP) is 1.87. The van der Waals surface area contributed by atoms with Gasteiger partial charge in [0.1, 0.15) is 0 Å². The van der Waals surface area contributed by atoms with Gasteiger partial charge in [-0.25, -0.2) is 4.79 Å². The van der Waals surface area contributed by atoms with E-state index in [0.29, 0.717) is 11.5 Å². The van der Waals surface area contributed by atoms with Crippen LogP contribution in [0.4, 0.5) is 4.79 Å². The molecule has 0 bridgehead atoms. The van der Waals surface area contributed by atoms with Gasteiger partial charge in [0.2, 0.25) is 0 Å². The molecule has 76 valence electrons. The molecule has 0 aliphatic heterocycles. The van der Waals surface area contributed by atoms with Crippen LogP contribution in [-0.2, 0) is 0 Å². The van der Waals surface area contributed by atoms with E-state index in [1.165, 1.54) is 6.42 Å².